The summed E-state index contributed by atoms with van der Waals surface area (Å²) in [5, 5.41) is 12.4. The molecule has 21 heavy (non-hydrogen) atoms. The summed E-state index contributed by atoms with van der Waals surface area (Å²) >= 11 is 1.66. The molecule has 1 aromatic rings. The molecule has 1 aromatic heterocycles. The SMILES string of the molecule is Cc1ccc(C(C)NC(=O)[C@H]2C3C=CC(C3)[C@H]2C(=O)O)s1. The maximum Gasteiger partial charge on any atom is 0.307 e. The van der Waals surface area contributed by atoms with E-state index in [1.54, 1.807) is 11.3 Å². The van der Waals surface area contributed by atoms with Gasteiger partial charge in [0.2, 0.25) is 5.91 Å². The predicted octanol–water partition coefficient (Wildman–Crippen LogP) is 2.76. The lowest BCUT2D eigenvalue weighted by atomic mass is 9.82. The third-order valence-electron chi connectivity index (χ3n) is 4.59. The van der Waals surface area contributed by atoms with Crippen LogP contribution >= 0.6 is 11.3 Å². The lowest BCUT2D eigenvalue weighted by Crippen LogP contribution is -2.40. The highest BCUT2D eigenvalue weighted by atomic mass is 32.1. The summed E-state index contributed by atoms with van der Waals surface area (Å²) < 4.78 is 0. The van der Waals surface area contributed by atoms with Crippen LogP contribution in [0.25, 0.3) is 0 Å². The van der Waals surface area contributed by atoms with E-state index in [1.165, 1.54) is 4.88 Å². The molecule has 3 rings (SSSR count). The molecule has 1 saturated carbocycles. The number of thiophene rings is 1. The number of carbonyl (C=O) groups is 2. The molecule has 2 aliphatic carbocycles. The zero-order valence-corrected chi connectivity index (χ0v) is 12.9. The van der Waals surface area contributed by atoms with Gasteiger partial charge < -0.3 is 10.4 Å². The van der Waals surface area contributed by atoms with Crippen LogP contribution in [0.1, 0.15) is 29.1 Å². The molecule has 0 spiro atoms. The van der Waals surface area contributed by atoms with E-state index in [9.17, 15) is 14.7 Å². The number of hydrogen-bond acceptors (Lipinski definition) is 3. The molecule has 2 aliphatic rings. The summed E-state index contributed by atoms with van der Waals surface area (Å²) in [6.45, 7) is 3.98. The monoisotopic (exact) mass is 305 g/mol. The Morgan fingerprint density at radius 2 is 1.95 bits per heavy atom. The third kappa shape index (κ3) is 2.50. The molecule has 1 amide bonds. The van der Waals surface area contributed by atoms with Crippen molar-refractivity contribution in [1.29, 1.82) is 0 Å². The molecule has 0 radical (unpaired) electrons. The number of aryl methyl sites for hydroxylation is 1. The summed E-state index contributed by atoms with van der Waals surface area (Å²) in [5.41, 5.74) is 0. The van der Waals surface area contributed by atoms with Gasteiger partial charge in [0.15, 0.2) is 0 Å². The zero-order chi connectivity index (χ0) is 15.1. The molecular formula is C16H19NO3S. The highest BCUT2D eigenvalue weighted by molar-refractivity contribution is 7.12. The number of rotatable bonds is 4. The first kappa shape index (κ1) is 14.3. The number of amides is 1. The quantitative estimate of drug-likeness (QED) is 0.841. The van der Waals surface area contributed by atoms with Crippen LogP contribution in [0.15, 0.2) is 24.3 Å². The van der Waals surface area contributed by atoms with Gasteiger partial charge in [0.05, 0.1) is 17.9 Å². The number of nitrogens with one attached hydrogen (secondary N) is 1. The third-order valence-corrected chi connectivity index (χ3v) is 5.78. The van der Waals surface area contributed by atoms with Crippen molar-refractivity contribution in [3.05, 3.63) is 34.0 Å². The van der Waals surface area contributed by atoms with E-state index >= 15 is 0 Å². The van der Waals surface area contributed by atoms with Crippen molar-refractivity contribution < 1.29 is 14.7 Å². The molecule has 5 atom stereocenters. The van der Waals surface area contributed by atoms with Crippen molar-refractivity contribution in [2.45, 2.75) is 26.3 Å². The number of carboxylic acids is 1. The molecule has 1 heterocycles. The van der Waals surface area contributed by atoms with Crippen LogP contribution in [-0.4, -0.2) is 17.0 Å². The number of carbonyl (C=O) groups excluding carboxylic acids is 1. The minimum absolute atomic E-state index is 0.0162. The van der Waals surface area contributed by atoms with Gasteiger partial charge in [-0.25, -0.2) is 0 Å². The Morgan fingerprint density at radius 3 is 2.52 bits per heavy atom. The van der Waals surface area contributed by atoms with Crippen molar-refractivity contribution in [3.8, 4) is 0 Å². The molecule has 0 saturated heterocycles. The Labute approximate surface area is 127 Å². The fourth-order valence-electron chi connectivity index (χ4n) is 3.58. The summed E-state index contributed by atoms with van der Waals surface area (Å²) in [5.74, 6) is -1.89. The van der Waals surface area contributed by atoms with Crippen LogP contribution in [0.5, 0.6) is 0 Å². The first-order valence-electron chi connectivity index (χ1n) is 7.25. The summed E-state index contributed by atoms with van der Waals surface area (Å²) in [6.07, 6.45) is 4.76. The Hall–Kier alpha value is -1.62. The fraction of sp³-hybridized carbons (Fsp3) is 0.500. The van der Waals surface area contributed by atoms with E-state index in [4.69, 9.17) is 0 Å². The van der Waals surface area contributed by atoms with Crippen LogP contribution < -0.4 is 5.32 Å². The van der Waals surface area contributed by atoms with E-state index in [1.807, 2.05) is 38.1 Å². The van der Waals surface area contributed by atoms with Crippen LogP contribution in [0.2, 0.25) is 0 Å². The maximum atomic E-state index is 12.5. The van der Waals surface area contributed by atoms with Crippen LogP contribution in [0.4, 0.5) is 0 Å². The van der Waals surface area contributed by atoms with Crippen molar-refractivity contribution in [1.82, 2.24) is 5.32 Å². The van der Waals surface area contributed by atoms with Gasteiger partial charge in [0.25, 0.3) is 0 Å². The zero-order valence-electron chi connectivity index (χ0n) is 12.1. The van der Waals surface area contributed by atoms with Crippen molar-refractivity contribution >= 4 is 23.2 Å². The lowest BCUT2D eigenvalue weighted by Gasteiger charge is -2.25. The average molecular weight is 305 g/mol. The van der Waals surface area contributed by atoms with Gasteiger partial charge >= 0.3 is 5.97 Å². The van der Waals surface area contributed by atoms with Gasteiger partial charge in [-0.3, -0.25) is 9.59 Å². The van der Waals surface area contributed by atoms with Gasteiger partial charge in [-0.05, 0) is 44.2 Å². The standard InChI is InChI=1S/C16H19NO3S/c1-8-3-6-12(21-8)9(2)17-15(18)13-10-4-5-11(7-10)14(13)16(19)20/h3-6,9-11,13-14H,7H2,1-2H3,(H,17,18)(H,19,20)/t9?,10?,11?,13-,14+/m0/s1. The second kappa shape index (κ2) is 5.30. The molecule has 1 fully saturated rings. The van der Waals surface area contributed by atoms with Gasteiger partial charge in [0, 0.05) is 9.75 Å². The Bertz CT molecular complexity index is 606. The van der Waals surface area contributed by atoms with Crippen LogP contribution in [0.3, 0.4) is 0 Å². The van der Waals surface area contributed by atoms with E-state index in [0.717, 1.165) is 11.3 Å². The molecule has 112 valence electrons. The number of allylic oxidation sites excluding steroid dienone is 2. The molecule has 0 aromatic carbocycles. The largest absolute Gasteiger partial charge is 0.481 e. The molecule has 2 bridgehead atoms. The molecule has 0 aliphatic heterocycles. The van der Waals surface area contributed by atoms with Crippen molar-refractivity contribution in [2.75, 3.05) is 0 Å². The molecule has 5 heteroatoms. The Balaban J connectivity index is 1.73. The minimum atomic E-state index is -0.855. The lowest BCUT2D eigenvalue weighted by molar-refractivity contribution is -0.148. The van der Waals surface area contributed by atoms with Gasteiger partial charge in [-0.15, -0.1) is 11.3 Å². The van der Waals surface area contributed by atoms with E-state index in [-0.39, 0.29) is 23.8 Å². The highest BCUT2D eigenvalue weighted by Crippen LogP contribution is 2.48. The normalized spacial score (nSPS) is 31.3. The van der Waals surface area contributed by atoms with Crippen LogP contribution in [-0.2, 0) is 9.59 Å². The highest BCUT2D eigenvalue weighted by Gasteiger charge is 2.51. The van der Waals surface area contributed by atoms with Crippen molar-refractivity contribution in [2.24, 2.45) is 23.7 Å². The average Bonchev–Trinajstić information content (AvgIpc) is 3.12. The maximum absolute atomic E-state index is 12.5. The summed E-state index contributed by atoms with van der Waals surface area (Å²) in [6, 6.07) is 3.97. The number of fused-ring (bicyclic) bond motifs is 2. The topological polar surface area (TPSA) is 66.4 Å². The van der Waals surface area contributed by atoms with Gasteiger partial charge in [-0.1, -0.05) is 12.2 Å². The Morgan fingerprint density at radius 1 is 1.29 bits per heavy atom. The van der Waals surface area contributed by atoms with E-state index in [0.29, 0.717) is 0 Å². The van der Waals surface area contributed by atoms with Gasteiger partial charge in [0.1, 0.15) is 0 Å². The molecule has 3 unspecified atom stereocenters. The van der Waals surface area contributed by atoms with Gasteiger partial charge in [-0.2, -0.15) is 0 Å². The molecular weight excluding hydrogens is 286 g/mol. The number of aliphatic carboxylic acids is 1. The number of carboxylic acid groups (broad SMARTS) is 1. The first-order valence-corrected chi connectivity index (χ1v) is 8.07. The minimum Gasteiger partial charge on any atom is -0.481 e. The second-order valence-corrected chi connectivity index (χ2v) is 7.34. The summed E-state index contributed by atoms with van der Waals surface area (Å²) in [7, 11) is 0. The fourth-order valence-corrected chi connectivity index (χ4v) is 4.46. The summed E-state index contributed by atoms with van der Waals surface area (Å²) in [4.78, 5) is 26.3. The van der Waals surface area contributed by atoms with E-state index in [2.05, 4.69) is 5.32 Å². The number of hydrogen-bond donors (Lipinski definition) is 2. The molecule has 2 N–H and O–H groups in total. The second-order valence-electron chi connectivity index (χ2n) is 6.02. The molecule has 4 nitrogen and oxygen atoms in total. The Kier molecular flexibility index (Phi) is 3.61. The van der Waals surface area contributed by atoms with Crippen LogP contribution in [0, 0.1) is 30.6 Å². The predicted molar refractivity (Wildman–Crippen MR) is 81.0 cm³/mol. The van der Waals surface area contributed by atoms with E-state index < -0.39 is 17.8 Å². The van der Waals surface area contributed by atoms with Crippen molar-refractivity contribution in [3.63, 3.8) is 0 Å². The first-order chi connectivity index (χ1) is 9.97. The smallest absolute Gasteiger partial charge is 0.307 e.